The van der Waals surface area contributed by atoms with Crippen molar-refractivity contribution < 1.29 is 13.2 Å². The standard InChI is InChI=1S/C14H11F3N2S2/c1-8-2-4-10(21-8)7-19-12-5-3-9(14(15,16)17)6-11(12)18-13(19)20/h2-6H,7H2,1H3,(H,18,20). The number of hydrogen-bond acceptors (Lipinski definition) is 2. The molecule has 0 spiro atoms. The van der Waals surface area contributed by atoms with E-state index >= 15 is 0 Å². The second-order valence-corrected chi connectivity index (χ2v) is 6.52. The normalized spacial score (nSPS) is 12.2. The van der Waals surface area contributed by atoms with Gasteiger partial charge in [0.2, 0.25) is 0 Å². The minimum atomic E-state index is -4.35. The molecule has 2 aromatic heterocycles. The SMILES string of the molecule is Cc1ccc(Cn2c(=S)[nH]c3cc(C(F)(F)F)ccc32)s1. The minimum Gasteiger partial charge on any atom is -0.331 e. The van der Waals surface area contributed by atoms with Crippen LogP contribution in [0.1, 0.15) is 15.3 Å². The molecule has 0 bridgehead atoms. The summed E-state index contributed by atoms with van der Waals surface area (Å²) in [6.45, 7) is 2.57. The van der Waals surface area contributed by atoms with Crippen molar-refractivity contribution in [1.82, 2.24) is 9.55 Å². The molecule has 3 aromatic rings. The van der Waals surface area contributed by atoms with Crippen molar-refractivity contribution in [3.05, 3.63) is 50.4 Å². The fourth-order valence-electron chi connectivity index (χ4n) is 2.22. The number of hydrogen-bond donors (Lipinski definition) is 1. The summed E-state index contributed by atoms with van der Waals surface area (Å²) >= 11 is 6.88. The second-order valence-electron chi connectivity index (χ2n) is 4.76. The lowest BCUT2D eigenvalue weighted by molar-refractivity contribution is -0.137. The highest BCUT2D eigenvalue weighted by Crippen LogP contribution is 2.31. The van der Waals surface area contributed by atoms with Crippen molar-refractivity contribution >= 4 is 34.6 Å². The van der Waals surface area contributed by atoms with E-state index in [4.69, 9.17) is 12.2 Å². The molecule has 0 unspecified atom stereocenters. The predicted molar refractivity (Wildman–Crippen MR) is 80.3 cm³/mol. The van der Waals surface area contributed by atoms with Crippen LogP contribution in [0, 0.1) is 11.7 Å². The molecule has 3 rings (SSSR count). The maximum atomic E-state index is 12.7. The van der Waals surface area contributed by atoms with E-state index in [-0.39, 0.29) is 0 Å². The number of aromatic nitrogens is 2. The monoisotopic (exact) mass is 328 g/mol. The lowest BCUT2D eigenvalue weighted by atomic mass is 10.2. The van der Waals surface area contributed by atoms with Crippen molar-refractivity contribution in [1.29, 1.82) is 0 Å². The summed E-state index contributed by atoms with van der Waals surface area (Å²) < 4.78 is 40.4. The van der Waals surface area contributed by atoms with Gasteiger partial charge in [0.05, 0.1) is 23.1 Å². The number of rotatable bonds is 2. The van der Waals surface area contributed by atoms with E-state index in [1.54, 1.807) is 11.3 Å². The van der Waals surface area contributed by atoms with E-state index in [0.29, 0.717) is 22.3 Å². The molecule has 7 heteroatoms. The molecule has 1 aromatic carbocycles. The van der Waals surface area contributed by atoms with Crippen LogP contribution in [0.15, 0.2) is 30.3 Å². The maximum Gasteiger partial charge on any atom is 0.416 e. The van der Waals surface area contributed by atoms with Crippen LogP contribution in [-0.4, -0.2) is 9.55 Å². The Morgan fingerprint density at radius 3 is 2.62 bits per heavy atom. The van der Waals surface area contributed by atoms with Gasteiger partial charge in [-0.1, -0.05) is 0 Å². The summed E-state index contributed by atoms with van der Waals surface area (Å²) in [4.78, 5) is 5.15. The molecule has 0 fully saturated rings. The number of imidazole rings is 1. The molecule has 0 radical (unpaired) electrons. The van der Waals surface area contributed by atoms with Crippen LogP contribution in [0.4, 0.5) is 13.2 Å². The summed E-state index contributed by atoms with van der Waals surface area (Å²) in [5.41, 5.74) is 0.410. The summed E-state index contributed by atoms with van der Waals surface area (Å²) in [7, 11) is 0. The number of aromatic amines is 1. The van der Waals surface area contributed by atoms with Crippen LogP contribution in [0.25, 0.3) is 11.0 Å². The molecule has 0 saturated heterocycles. The van der Waals surface area contributed by atoms with E-state index in [2.05, 4.69) is 4.98 Å². The van der Waals surface area contributed by atoms with Crippen LogP contribution in [-0.2, 0) is 12.7 Å². The summed E-state index contributed by atoms with van der Waals surface area (Å²) in [5, 5.41) is 0. The number of H-pyrrole nitrogens is 1. The third-order valence-corrected chi connectivity index (χ3v) is 4.52. The molecule has 0 aliphatic carbocycles. The van der Waals surface area contributed by atoms with Crippen LogP contribution >= 0.6 is 23.6 Å². The van der Waals surface area contributed by atoms with Crippen molar-refractivity contribution in [3.8, 4) is 0 Å². The van der Waals surface area contributed by atoms with Crippen LogP contribution in [0.3, 0.4) is 0 Å². The summed E-state index contributed by atoms with van der Waals surface area (Å²) in [5.74, 6) is 0. The molecule has 2 nitrogen and oxygen atoms in total. The Hall–Kier alpha value is -1.60. The second kappa shape index (κ2) is 4.99. The van der Waals surface area contributed by atoms with Gasteiger partial charge < -0.3 is 9.55 Å². The van der Waals surface area contributed by atoms with Gasteiger partial charge in [-0.3, -0.25) is 0 Å². The lowest BCUT2D eigenvalue weighted by Gasteiger charge is -2.07. The molecule has 21 heavy (non-hydrogen) atoms. The molecule has 1 N–H and O–H groups in total. The number of benzene rings is 1. The largest absolute Gasteiger partial charge is 0.416 e. The van der Waals surface area contributed by atoms with Crippen LogP contribution in [0.5, 0.6) is 0 Å². The van der Waals surface area contributed by atoms with Gasteiger partial charge in [-0.2, -0.15) is 13.2 Å². The van der Waals surface area contributed by atoms with E-state index < -0.39 is 11.7 Å². The lowest BCUT2D eigenvalue weighted by Crippen LogP contribution is -2.04. The maximum absolute atomic E-state index is 12.7. The third kappa shape index (κ3) is 2.75. The minimum absolute atomic E-state index is 0.406. The van der Waals surface area contributed by atoms with Crippen molar-refractivity contribution in [2.45, 2.75) is 19.6 Å². The van der Waals surface area contributed by atoms with Gasteiger partial charge in [0.15, 0.2) is 4.77 Å². The number of fused-ring (bicyclic) bond motifs is 1. The molecule has 0 aliphatic heterocycles. The Balaban J connectivity index is 2.07. The molecular weight excluding hydrogens is 317 g/mol. The molecule has 0 atom stereocenters. The zero-order valence-electron chi connectivity index (χ0n) is 11.0. The van der Waals surface area contributed by atoms with Gasteiger partial charge in [-0.15, -0.1) is 11.3 Å². The highest BCUT2D eigenvalue weighted by molar-refractivity contribution is 7.71. The van der Waals surface area contributed by atoms with Crippen LogP contribution < -0.4 is 0 Å². The highest BCUT2D eigenvalue weighted by atomic mass is 32.1. The average Bonchev–Trinajstić information content (AvgIpc) is 2.93. The number of aryl methyl sites for hydroxylation is 1. The Morgan fingerprint density at radius 2 is 2.00 bits per heavy atom. The van der Waals surface area contributed by atoms with Crippen LogP contribution in [0.2, 0.25) is 0 Å². The zero-order valence-corrected chi connectivity index (χ0v) is 12.6. The molecule has 110 valence electrons. The predicted octanol–water partition coefficient (Wildman–Crippen LogP) is 5.14. The van der Waals surface area contributed by atoms with Crippen molar-refractivity contribution in [2.24, 2.45) is 0 Å². The van der Waals surface area contributed by atoms with Crippen molar-refractivity contribution in [2.75, 3.05) is 0 Å². The van der Waals surface area contributed by atoms with Gasteiger partial charge >= 0.3 is 6.18 Å². The quantitative estimate of drug-likeness (QED) is 0.646. The molecule has 2 heterocycles. The van der Waals surface area contributed by atoms with Gasteiger partial charge in [0, 0.05) is 9.75 Å². The fraction of sp³-hybridized carbons (Fsp3) is 0.214. The smallest absolute Gasteiger partial charge is 0.331 e. The molecule has 0 aliphatic rings. The molecule has 0 saturated carbocycles. The Labute approximate surface area is 127 Å². The number of halogens is 3. The first-order valence-electron chi connectivity index (χ1n) is 6.20. The topological polar surface area (TPSA) is 20.7 Å². The average molecular weight is 328 g/mol. The number of nitrogens with zero attached hydrogens (tertiary/aromatic N) is 1. The Bertz CT molecular complexity index is 855. The van der Waals surface area contributed by atoms with E-state index in [1.807, 2.05) is 23.6 Å². The number of alkyl halides is 3. The highest BCUT2D eigenvalue weighted by Gasteiger charge is 2.30. The van der Waals surface area contributed by atoms with E-state index in [1.165, 1.54) is 10.9 Å². The van der Waals surface area contributed by atoms with Gasteiger partial charge in [-0.25, -0.2) is 0 Å². The van der Waals surface area contributed by atoms with E-state index in [0.717, 1.165) is 17.0 Å². The third-order valence-electron chi connectivity index (χ3n) is 3.21. The number of nitrogens with one attached hydrogen (secondary N) is 1. The summed E-state index contributed by atoms with van der Waals surface area (Å²) in [6.07, 6.45) is -4.35. The first kappa shape index (κ1) is 14.3. The summed E-state index contributed by atoms with van der Waals surface area (Å²) in [6, 6.07) is 7.66. The first-order chi connectivity index (χ1) is 9.84. The van der Waals surface area contributed by atoms with E-state index in [9.17, 15) is 13.2 Å². The van der Waals surface area contributed by atoms with Gasteiger partial charge in [-0.05, 0) is 49.5 Å². The fourth-order valence-corrected chi connectivity index (χ4v) is 3.38. The molecule has 0 amide bonds. The molecular formula is C14H11F3N2S2. The first-order valence-corrected chi connectivity index (χ1v) is 7.42. The van der Waals surface area contributed by atoms with Crippen molar-refractivity contribution in [3.63, 3.8) is 0 Å². The Kier molecular flexibility index (Phi) is 3.41. The zero-order chi connectivity index (χ0) is 15.2. The van der Waals surface area contributed by atoms with Gasteiger partial charge in [0.1, 0.15) is 0 Å². The number of thiophene rings is 1. The Morgan fingerprint density at radius 1 is 1.24 bits per heavy atom. The van der Waals surface area contributed by atoms with Gasteiger partial charge in [0.25, 0.3) is 0 Å².